The first kappa shape index (κ1) is 17.9. The molecule has 0 saturated carbocycles. The fraction of sp³-hybridized carbons (Fsp3) is 0.500. The monoisotopic (exact) mass is 374 g/mol. The van der Waals surface area contributed by atoms with Gasteiger partial charge >= 0.3 is 0 Å². The fourth-order valence-corrected chi connectivity index (χ4v) is 5.97. The van der Waals surface area contributed by atoms with E-state index in [9.17, 15) is 8.42 Å². The molecule has 2 aliphatic rings. The van der Waals surface area contributed by atoms with Crippen molar-refractivity contribution in [3.8, 4) is 0 Å². The second-order valence-electron chi connectivity index (χ2n) is 7.25. The van der Waals surface area contributed by atoms with Crippen molar-refractivity contribution in [1.29, 1.82) is 0 Å². The quantitative estimate of drug-likeness (QED) is 0.826. The van der Waals surface area contributed by atoms with E-state index in [1.807, 2.05) is 36.4 Å². The van der Waals surface area contributed by atoms with E-state index in [4.69, 9.17) is 4.74 Å². The average molecular weight is 375 g/mol. The highest BCUT2D eigenvalue weighted by Gasteiger charge is 2.34. The normalized spacial score (nSPS) is 23.7. The van der Waals surface area contributed by atoms with Crippen LogP contribution in [0, 0.1) is 0 Å². The van der Waals surface area contributed by atoms with Crippen molar-refractivity contribution in [2.75, 3.05) is 33.3 Å². The summed E-state index contributed by atoms with van der Waals surface area (Å²) in [6.07, 6.45) is 3.18. The standard InChI is InChI=1S/C20H26N2O3S/c1-25-18-11-12-21(15-18)17-9-13-22(14-10-17)26(23,24)20-8-4-6-16-5-2-3-7-19(16)20/h2-8,17-18H,9-15H2,1H3. The van der Waals surface area contributed by atoms with Crippen molar-refractivity contribution < 1.29 is 13.2 Å². The highest BCUT2D eigenvalue weighted by molar-refractivity contribution is 7.89. The second-order valence-corrected chi connectivity index (χ2v) is 9.16. The van der Waals surface area contributed by atoms with E-state index in [1.165, 1.54) is 0 Å². The second kappa shape index (κ2) is 7.27. The summed E-state index contributed by atoms with van der Waals surface area (Å²) in [5, 5.41) is 1.77. The van der Waals surface area contributed by atoms with Crippen molar-refractivity contribution in [2.45, 2.75) is 36.3 Å². The molecule has 2 aliphatic heterocycles. The molecule has 140 valence electrons. The van der Waals surface area contributed by atoms with E-state index in [2.05, 4.69) is 4.90 Å². The molecule has 2 aromatic rings. The molecule has 2 fully saturated rings. The molecule has 26 heavy (non-hydrogen) atoms. The van der Waals surface area contributed by atoms with Crippen LogP contribution in [0.25, 0.3) is 10.8 Å². The van der Waals surface area contributed by atoms with Crippen molar-refractivity contribution in [3.63, 3.8) is 0 Å². The zero-order valence-electron chi connectivity index (χ0n) is 15.2. The minimum atomic E-state index is -3.46. The molecule has 2 aromatic carbocycles. The summed E-state index contributed by atoms with van der Waals surface area (Å²) in [4.78, 5) is 2.89. The topological polar surface area (TPSA) is 49.9 Å². The van der Waals surface area contributed by atoms with Crippen LogP contribution in [0.3, 0.4) is 0 Å². The van der Waals surface area contributed by atoms with E-state index in [0.717, 1.165) is 43.1 Å². The summed E-state index contributed by atoms with van der Waals surface area (Å²) in [6, 6.07) is 13.7. The number of ether oxygens (including phenoxy) is 1. The van der Waals surface area contributed by atoms with Gasteiger partial charge in [0.2, 0.25) is 10.0 Å². The summed E-state index contributed by atoms with van der Waals surface area (Å²) in [7, 11) is -1.69. The third-order valence-corrected chi connectivity index (χ3v) is 7.77. The Bertz CT molecular complexity index is 870. The van der Waals surface area contributed by atoms with Gasteiger partial charge in [-0.3, -0.25) is 4.90 Å². The van der Waals surface area contributed by atoms with Crippen molar-refractivity contribution in [3.05, 3.63) is 42.5 Å². The van der Waals surface area contributed by atoms with E-state index < -0.39 is 10.0 Å². The van der Waals surface area contributed by atoms with Gasteiger partial charge in [0.25, 0.3) is 0 Å². The van der Waals surface area contributed by atoms with E-state index in [-0.39, 0.29) is 0 Å². The van der Waals surface area contributed by atoms with Gasteiger partial charge in [0.15, 0.2) is 0 Å². The van der Waals surface area contributed by atoms with Gasteiger partial charge in [0, 0.05) is 44.7 Å². The lowest BCUT2D eigenvalue weighted by atomic mass is 10.1. The number of hydrogen-bond donors (Lipinski definition) is 0. The molecule has 6 heteroatoms. The minimum absolute atomic E-state index is 0.326. The van der Waals surface area contributed by atoms with Gasteiger partial charge in [-0.15, -0.1) is 0 Å². The van der Waals surface area contributed by atoms with Gasteiger partial charge in [0.05, 0.1) is 11.0 Å². The Kier molecular flexibility index (Phi) is 5.01. The average Bonchev–Trinajstić information content (AvgIpc) is 3.17. The first-order valence-electron chi connectivity index (χ1n) is 9.34. The predicted molar refractivity (Wildman–Crippen MR) is 103 cm³/mol. The van der Waals surface area contributed by atoms with Crippen molar-refractivity contribution in [1.82, 2.24) is 9.21 Å². The third-order valence-electron chi connectivity index (χ3n) is 5.82. The number of sulfonamides is 1. The van der Waals surface area contributed by atoms with Crippen molar-refractivity contribution >= 4 is 20.8 Å². The predicted octanol–water partition coefficient (Wildman–Crippen LogP) is 2.71. The van der Waals surface area contributed by atoms with Crippen LogP contribution in [-0.4, -0.2) is 63.1 Å². The van der Waals surface area contributed by atoms with Crippen molar-refractivity contribution in [2.24, 2.45) is 0 Å². The Morgan fingerprint density at radius 1 is 0.962 bits per heavy atom. The first-order chi connectivity index (χ1) is 12.6. The molecule has 0 radical (unpaired) electrons. The molecular weight excluding hydrogens is 348 g/mol. The van der Waals surface area contributed by atoms with Gasteiger partial charge in [0.1, 0.15) is 0 Å². The SMILES string of the molecule is COC1CCN(C2CCN(S(=O)(=O)c3cccc4ccccc34)CC2)C1. The maximum absolute atomic E-state index is 13.2. The summed E-state index contributed by atoms with van der Waals surface area (Å²) in [5.41, 5.74) is 0. The number of nitrogens with zero attached hydrogens (tertiary/aromatic N) is 2. The summed E-state index contributed by atoms with van der Waals surface area (Å²) in [6.45, 7) is 3.20. The fourth-order valence-electron chi connectivity index (χ4n) is 4.29. The zero-order chi connectivity index (χ0) is 18.1. The molecule has 5 nitrogen and oxygen atoms in total. The largest absolute Gasteiger partial charge is 0.380 e. The van der Waals surface area contributed by atoms with Gasteiger partial charge in [-0.25, -0.2) is 8.42 Å². The van der Waals surface area contributed by atoms with Gasteiger partial charge in [-0.05, 0) is 30.7 Å². The van der Waals surface area contributed by atoms with Crippen LogP contribution in [0.15, 0.2) is 47.4 Å². The summed E-state index contributed by atoms with van der Waals surface area (Å²) >= 11 is 0. The highest BCUT2D eigenvalue weighted by Crippen LogP contribution is 2.29. The number of likely N-dealkylation sites (tertiary alicyclic amines) is 1. The minimum Gasteiger partial charge on any atom is -0.380 e. The van der Waals surface area contributed by atoms with Crippen LogP contribution in [0.2, 0.25) is 0 Å². The van der Waals surface area contributed by atoms with E-state index in [1.54, 1.807) is 17.5 Å². The van der Waals surface area contributed by atoms with Crippen LogP contribution in [-0.2, 0) is 14.8 Å². The Morgan fingerprint density at radius 2 is 1.69 bits per heavy atom. The molecular formula is C20H26N2O3S. The summed E-state index contributed by atoms with van der Waals surface area (Å²) < 4.78 is 33.6. The Morgan fingerprint density at radius 3 is 2.42 bits per heavy atom. The lowest BCUT2D eigenvalue weighted by molar-refractivity contribution is 0.0925. The number of hydrogen-bond acceptors (Lipinski definition) is 4. The highest BCUT2D eigenvalue weighted by atomic mass is 32.2. The number of methoxy groups -OCH3 is 1. The van der Waals surface area contributed by atoms with E-state index >= 15 is 0 Å². The molecule has 4 rings (SSSR count). The lowest BCUT2D eigenvalue weighted by Gasteiger charge is -2.36. The molecule has 0 N–H and O–H groups in total. The number of rotatable bonds is 4. The molecule has 0 aliphatic carbocycles. The van der Waals surface area contributed by atoms with Crippen LogP contribution in [0.4, 0.5) is 0 Å². The van der Waals surface area contributed by atoms with E-state index in [0.29, 0.717) is 30.1 Å². The third kappa shape index (κ3) is 3.27. The molecule has 1 atom stereocenters. The van der Waals surface area contributed by atoms with Crippen LogP contribution in [0.5, 0.6) is 0 Å². The number of piperidine rings is 1. The maximum Gasteiger partial charge on any atom is 0.243 e. The molecule has 0 bridgehead atoms. The Hall–Kier alpha value is -1.47. The number of fused-ring (bicyclic) bond motifs is 1. The Balaban J connectivity index is 1.50. The molecule has 2 heterocycles. The molecule has 1 unspecified atom stereocenters. The zero-order valence-corrected chi connectivity index (χ0v) is 16.0. The first-order valence-corrected chi connectivity index (χ1v) is 10.8. The molecule has 0 aromatic heterocycles. The van der Waals surface area contributed by atoms with Gasteiger partial charge < -0.3 is 4.74 Å². The van der Waals surface area contributed by atoms with Crippen LogP contribution >= 0.6 is 0 Å². The van der Waals surface area contributed by atoms with Gasteiger partial charge in [-0.1, -0.05) is 36.4 Å². The lowest BCUT2D eigenvalue weighted by Crippen LogP contribution is -2.46. The molecule has 0 spiro atoms. The smallest absolute Gasteiger partial charge is 0.243 e. The number of benzene rings is 2. The molecule has 0 amide bonds. The summed E-state index contributed by atoms with van der Waals surface area (Å²) in [5.74, 6) is 0. The van der Waals surface area contributed by atoms with Crippen LogP contribution < -0.4 is 0 Å². The molecule has 2 saturated heterocycles. The Labute approximate surface area is 155 Å². The van der Waals surface area contributed by atoms with Gasteiger partial charge in [-0.2, -0.15) is 4.31 Å². The van der Waals surface area contributed by atoms with Crippen LogP contribution in [0.1, 0.15) is 19.3 Å². The maximum atomic E-state index is 13.2.